The lowest BCUT2D eigenvalue weighted by Gasteiger charge is -2.10. The molecule has 3 aromatic rings. The molecule has 0 aliphatic rings. The predicted molar refractivity (Wildman–Crippen MR) is 97.7 cm³/mol. The lowest BCUT2D eigenvalue weighted by Crippen LogP contribution is -2.22. The molecule has 5 heteroatoms. The number of aromatic nitrogens is 2. The normalized spacial score (nSPS) is 10.4. The van der Waals surface area contributed by atoms with Crippen LogP contribution in [0.25, 0.3) is 0 Å². The van der Waals surface area contributed by atoms with Gasteiger partial charge in [-0.25, -0.2) is 4.68 Å². The summed E-state index contributed by atoms with van der Waals surface area (Å²) in [6.45, 7) is 2.66. The molecule has 0 radical (unpaired) electrons. The smallest absolute Gasteiger partial charge is 0.263 e. The zero-order chi connectivity index (χ0) is 17.5. The largest absolute Gasteiger partial charge is 0.484 e. The number of rotatable bonds is 7. The fraction of sp³-hybridized carbons (Fsp3) is 0.200. The van der Waals surface area contributed by atoms with Crippen LogP contribution in [0.2, 0.25) is 0 Å². The van der Waals surface area contributed by atoms with Crippen molar-refractivity contribution >= 4 is 11.7 Å². The highest BCUT2D eigenvalue weighted by molar-refractivity contribution is 5.91. The van der Waals surface area contributed by atoms with Gasteiger partial charge in [0.05, 0.1) is 12.7 Å². The SMILES string of the molecule is CCc1ccc(OCC(=O)Nc2ccnn2Cc2ccccc2)cc1. The second kappa shape index (κ2) is 8.15. The quantitative estimate of drug-likeness (QED) is 0.719. The zero-order valence-corrected chi connectivity index (χ0v) is 14.2. The van der Waals surface area contributed by atoms with E-state index in [-0.39, 0.29) is 12.5 Å². The minimum Gasteiger partial charge on any atom is -0.484 e. The Morgan fingerprint density at radius 3 is 2.52 bits per heavy atom. The average molecular weight is 335 g/mol. The van der Waals surface area contributed by atoms with Gasteiger partial charge in [0.1, 0.15) is 11.6 Å². The molecule has 0 saturated heterocycles. The lowest BCUT2D eigenvalue weighted by atomic mass is 10.2. The van der Waals surface area contributed by atoms with Gasteiger partial charge in [0, 0.05) is 6.07 Å². The third-order valence-electron chi connectivity index (χ3n) is 3.86. The Morgan fingerprint density at radius 2 is 1.80 bits per heavy atom. The molecule has 0 fully saturated rings. The van der Waals surface area contributed by atoms with Gasteiger partial charge in [-0.1, -0.05) is 49.4 Å². The first-order chi connectivity index (χ1) is 12.2. The summed E-state index contributed by atoms with van der Waals surface area (Å²) in [7, 11) is 0. The van der Waals surface area contributed by atoms with Crippen molar-refractivity contribution in [3.63, 3.8) is 0 Å². The average Bonchev–Trinajstić information content (AvgIpc) is 3.08. The van der Waals surface area contributed by atoms with E-state index in [1.54, 1.807) is 16.9 Å². The maximum atomic E-state index is 12.1. The first kappa shape index (κ1) is 16.8. The van der Waals surface area contributed by atoms with Gasteiger partial charge in [0.25, 0.3) is 5.91 Å². The van der Waals surface area contributed by atoms with Gasteiger partial charge >= 0.3 is 0 Å². The van der Waals surface area contributed by atoms with Gasteiger partial charge in [-0.05, 0) is 29.7 Å². The summed E-state index contributed by atoms with van der Waals surface area (Å²) in [6, 6.07) is 19.5. The number of anilines is 1. The second-order valence-corrected chi connectivity index (χ2v) is 5.69. The number of hydrogen-bond donors (Lipinski definition) is 1. The first-order valence-corrected chi connectivity index (χ1v) is 8.32. The molecular weight excluding hydrogens is 314 g/mol. The summed E-state index contributed by atoms with van der Waals surface area (Å²) in [5.74, 6) is 1.12. The summed E-state index contributed by atoms with van der Waals surface area (Å²) in [5.41, 5.74) is 2.36. The maximum absolute atomic E-state index is 12.1. The number of benzene rings is 2. The number of nitrogens with one attached hydrogen (secondary N) is 1. The molecule has 128 valence electrons. The Bertz CT molecular complexity index is 810. The molecule has 3 rings (SSSR count). The molecule has 1 N–H and O–H groups in total. The highest BCUT2D eigenvalue weighted by Crippen LogP contribution is 2.13. The van der Waals surface area contributed by atoms with Gasteiger partial charge in [0.15, 0.2) is 6.61 Å². The van der Waals surface area contributed by atoms with Crippen LogP contribution in [0, 0.1) is 0 Å². The van der Waals surface area contributed by atoms with E-state index in [0.29, 0.717) is 18.1 Å². The topological polar surface area (TPSA) is 56.1 Å². The number of ether oxygens (including phenoxy) is 1. The van der Waals surface area contributed by atoms with Crippen LogP contribution < -0.4 is 10.1 Å². The van der Waals surface area contributed by atoms with Crippen LogP contribution in [-0.2, 0) is 17.8 Å². The number of nitrogens with zero attached hydrogens (tertiary/aromatic N) is 2. The van der Waals surface area contributed by atoms with Crippen molar-refractivity contribution in [1.82, 2.24) is 9.78 Å². The summed E-state index contributed by atoms with van der Waals surface area (Å²) >= 11 is 0. The van der Waals surface area contributed by atoms with Crippen molar-refractivity contribution in [3.8, 4) is 5.75 Å². The molecule has 25 heavy (non-hydrogen) atoms. The first-order valence-electron chi connectivity index (χ1n) is 8.32. The van der Waals surface area contributed by atoms with Crippen molar-refractivity contribution in [1.29, 1.82) is 0 Å². The van der Waals surface area contributed by atoms with E-state index in [1.165, 1.54) is 5.56 Å². The van der Waals surface area contributed by atoms with Crippen molar-refractivity contribution in [2.24, 2.45) is 0 Å². The molecule has 2 aromatic carbocycles. The lowest BCUT2D eigenvalue weighted by molar-refractivity contribution is -0.118. The van der Waals surface area contributed by atoms with Crippen molar-refractivity contribution in [2.75, 3.05) is 11.9 Å². The molecule has 5 nitrogen and oxygen atoms in total. The van der Waals surface area contributed by atoms with Gasteiger partial charge in [-0.15, -0.1) is 0 Å². The molecule has 1 heterocycles. The van der Waals surface area contributed by atoms with Crippen LogP contribution in [0.3, 0.4) is 0 Å². The minimum absolute atomic E-state index is 0.0397. The Kier molecular flexibility index (Phi) is 5.46. The van der Waals surface area contributed by atoms with E-state index in [9.17, 15) is 4.79 Å². The van der Waals surface area contributed by atoms with Crippen LogP contribution in [0.5, 0.6) is 5.75 Å². The number of carbonyl (C=O) groups is 1. The van der Waals surface area contributed by atoms with E-state index < -0.39 is 0 Å². The second-order valence-electron chi connectivity index (χ2n) is 5.69. The van der Waals surface area contributed by atoms with Gasteiger partial charge < -0.3 is 10.1 Å². The van der Waals surface area contributed by atoms with Crippen LogP contribution in [0.15, 0.2) is 66.9 Å². The van der Waals surface area contributed by atoms with Crippen LogP contribution in [0.1, 0.15) is 18.1 Å². The predicted octanol–water partition coefficient (Wildman–Crippen LogP) is 3.51. The van der Waals surface area contributed by atoms with Crippen molar-refractivity contribution in [3.05, 3.63) is 78.0 Å². The molecule has 0 aliphatic carbocycles. The van der Waals surface area contributed by atoms with Crippen LogP contribution >= 0.6 is 0 Å². The van der Waals surface area contributed by atoms with E-state index in [0.717, 1.165) is 12.0 Å². The summed E-state index contributed by atoms with van der Waals surface area (Å²) in [4.78, 5) is 12.1. The van der Waals surface area contributed by atoms with E-state index in [1.807, 2.05) is 54.6 Å². The summed E-state index contributed by atoms with van der Waals surface area (Å²) in [6.07, 6.45) is 2.65. The van der Waals surface area contributed by atoms with E-state index >= 15 is 0 Å². The Balaban J connectivity index is 1.55. The Morgan fingerprint density at radius 1 is 1.04 bits per heavy atom. The van der Waals surface area contributed by atoms with Crippen molar-refractivity contribution < 1.29 is 9.53 Å². The Hall–Kier alpha value is -3.08. The fourth-order valence-electron chi connectivity index (χ4n) is 2.47. The molecule has 1 aromatic heterocycles. The van der Waals surface area contributed by atoms with E-state index in [4.69, 9.17) is 4.74 Å². The fourth-order valence-corrected chi connectivity index (χ4v) is 2.47. The Labute approximate surface area is 147 Å². The molecule has 0 aliphatic heterocycles. The van der Waals surface area contributed by atoms with Crippen LogP contribution in [-0.4, -0.2) is 22.3 Å². The number of amides is 1. The number of aryl methyl sites for hydroxylation is 1. The molecule has 0 saturated carbocycles. The standard InChI is InChI=1S/C20H21N3O2/c1-2-16-8-10-18(11-9-16)25-15-20(24)22-19-12-13-21-23(19)14-17-6-4-3-5-7-17/h3-13H,2,14-15H2,1H3,(H,22,24). The van der Waals surface area contributed by atoms with E-state index in [2.05, 4.69) is 17.3 Å². The zero-order valence-electron chi connectivity index (χ0n) is 14.2. The monoisotopic (exact) mass is 335 g/mol. The summed E-state index contributed by atoms with van der Waals surface area (Å²) in [5, 5.41) is 7.10. The third-order valence-corrected chi connectivity index (χ3v) is 3.86. The highest BCUT2D eigenvalue weighted by Gasteiger charge is 2.08. The van der Waals surface area contributed by atoms with Gasteiger partial charge in [-0.2, -0.15) is 5.10 Å². The summed E-state index contributed by atoms with van der Waals surface area (Å²) < 4.78 is 7.29. The van der Waals surface area contributed by atoms with Crippen LogP contribution in [0.4, 0.5) is 5.82 Å². The highest BCUT2D eigenvalue weighted by atomic mass is 16.5. The molecular formula is C20H21N3O2. The molecule has 0 atom stereocenters. The van der Waals surface area contributed by atoms with Gasteiger partial charge in [0.2, 0.25) is 0 Å². The maximum Gasteiger partial charge on any atom is 0.263 e. The molecule has 0 bridgehead atoms. The molecule has 1 amide bonds. The minimum atomic E-state index is -0.214. The number of carbonyl (C=O) groups excluding carboxylic acids is 1. The molecule has 0 unspecified atom stereocenters. The van der Waals surface area contributed by atoms with Crippen molar-refractivity contribution in [2.45, 2.75) is 19.9 Å². The number of hydrogen-bond acceptors (Lipinski definition) is 3. The van der Waals surface area contributed by atoms with Gasteiger partial charge in [-0.3, -0.25) is 4.79 Å². The molecule has 0 spiro atoms. The third kappa shape index (κ3) is 4.70.